The van der Waals surface area contributed by atoms with Crippen molar-refractivity contribution in [1.82, 2.24) is 0 Å². The number of halogens is 1. The van der Waals surface area contributed by atoms with Gasteiger partial charge in [-0.1, -0.05) is 12.1 Å². The SMILES string of the molecule is C[C@@H](C(=O)Nc1ccc(CC#N)cc1)N(c1ccc(F)cc1)S(C)(=O)=O. The average molecular weight is 375 g/mol. The number of nitrogens with one attached hydrogen (secondary N) is 1. The highest BCUT2D eigenvalue weighted by atomic mass is 32.2. The Kier molecular flexibility index (Phi) is 5.95. The molecular weight excluding hydrogens is 357 g/mol. The Morgan fingerprint density at radius 1 is 1.19 bits per heavy atom. The van der Waals surface area contributed by atoms with Gasteiger partial charge in [0.1, 0.15) is 11.9 Å². The van der Waals surface area contributed by atoms with Crippen LogP contribution in [-0.4, -0.2) is 26.6 Å². The second-order valence-electron chi connectivity index (χ2n) is 5.73. The Bertz CT molecular complexity index is 920. The van der Waals surface area contributed by atoms with Gasteiger partial charge in [0.15, 0.2) is 0 Å². The lowest BCUT2D eigenvalue weighted by molar-refractivity contribution is -0.116. The van der Waals surface area contributed by atoms with Gasteiger partial charge in [0.05, 0.1) is 24.4 Å². The van der Waals surface area contributed by atoms with Gasteiger partial charge in [-0.3, -0.25) is 9.10 Å². The summed E-state index contributed by atoms with van der Waals surface area (Å²) in [7, 11) is -3.77. The van der Waals surface area contributed by atoms with E-state index in [1.807, 2.05) is 6.07 Å². The second kappa shape index (κ2) is 7.97. The molecule has 1 N–H and O–H groups in total. The van der Waals surface area contributed by atoms with Crippen molar-refractivity contribution in [2.75, 3.05) is 15.9 Å². The molecule has 2 aromatic rings. The van der Waals surface area contributed by atoms with Crippen molar-refractivity contribution >= 4 is 27.3 Å². The molecule has 1 amide bonds. The molecule has 2 rings (SSSR count). The lowest BCUT2D eigenvalue weighted by Crippen LogP contribution is -2.45. The number of benzene rings is 2. The zero-order valence-corrected chi connectivity index (χ0v) is 15.1. The quantitative estimate of drug-likeness (QED) is 0.840. The molecule has 0 aliphatic carbocycles. The van der Waals surface area contributed by atoms with Crippen LogP contribution in [-0.2, 0) is 21.2 Å². The maximum atomic E-state index is 13.1. The van der Waals surface area contributed by atoms with E-state index in [-0.39, 0.29) is 12.1 Å². The molecule has 0 aromatic heterocycles. The van der Waals surface area contributed by atoms with Crippen LogP contribution in [0.15, 0.2) is 48.5 Å². The van der Waals surface area contributed by atoms with Crippen LogP contribution in [0.3, 0.4) is 0 Å². The van der Waals surface area contributed by atoms with Gasteiger partial charge in [-0.15, -0.1) is 0 Å². The minimum absolute atomic E-state index is 0.195. The molecular formula is C18H18FN3O3S. The third-order valence-electron chi connectivity index (χ3n) is 3.67. The number of carbonyl (C=O) groups is 1. The summed E-state index contributed by atoms with van der Waals surface area (Å²) in [4.78, 5) is 12.5. The molecule has 0 fully saturated rings. The molecule has 1 atom stereocenters. The van der Waals surface area contributed by atoms with E-state index >= 15 is 0 Å². The highest BCUT2D eigenvalue weighted by molar-refractivity contribution is 7.92. The molecule has 8 heteroatoms. The first-order chi connectivity index (χ1) is 12.2. The molecule has 0 radical (unpaired) electrons. The Morgan fingerprint density at radius 2 is 1.77 bits per heavy atom. The first-order valence-corrected chi connectivity index (χ1v) is 9.59. The van der Waals surface area contributed by atoms with Crippen LogP contribution in [0.4, 0.5) is 15.8 Å². The van der Waals surface area contributed by atoms with E-state index in [9.17, 15) is 17.6 Å². The van der Waals surface area contributed by atoms with Crippen LogP contribution < -0.4 is 9.62 Å². The van der Waals surface area contributed by atoms with Crippen molar-refractivity contribution in [1.29, 1.82) is 5.26 Å². The fourth-order valence-electron chi connectivity index (χ4n) is 2.44. The number of hydrogen-bond donors (Lipinski definition) is 1. The minimum Gasteiger partial charge on any atom is -0.324 e. The summed E-state index contributed by atoms with van der Waals surface area (Å²) in [6, 6.07) is 12.5. The summed E-state index contributed by atoms with van der Waals surface area (Å²) >= 11 is 0. The standard InChI is InChI=1S/C18H18FN3O3S/c1-13(18(23)21-16-7-3-14(4-8-16)11-12-20)22(26(2,24)25)17-9-5-15(19)6-10-17/h3-10,13H,11H2,1-2H3,(H,21,23)/t13-/m0/s1. The summed E-state index contributed by atoms with van der Waals surface area (Å²) in [6.07, 6.45) is 1.24. The first-order valence-electron chi connectivity index (χ1n) is 7.74. The van der Waals surface area contributed by atoms with Crippen LogP contribution in [0.1, 0.15) is 12.5 Å². The second-order valence-corrected chi connectivity index (χ2v) is 7.59. The minimum atomic E-state index is -3.77. The highest BCUT2D eigenvalue weighted by Gasteiger charge is 2.29. The lowest BCUT2D eigenvalue weighted by Gasteiger charge is -2.28. The van der Waals surface area contributed by atoms with Crippen LogP contribution >= 0.6 is 0 Å². The summed E-state index contributed by atoms with van der Waals surface area (Å²) in [5.41, 5.74) is 1.49. The number of rotatable bonds is 6. The van der Waals surface area contributed by atoms with Crippen LogP contribution in [0.2, 0.25) is 0 Å². The molecule has 0 unspecified atom stereocenters. The fourth-order valence-corrected chi connectivity index (χ4v) is 3.62. The number of sulfonamides is 1. The molecule has 0 aliphatic heterocycles. The van der Waals surface area contributed by atoms with Crippen LogP contribution in [0, 0.1) is 17.1 Å². The van der Waals surface area contributed by atoms with Gasteiger partial charge in [-0.25, -0.2) is 12.8 Å². The fraction of sp³-hybridized carbons (Fsp3) is 0.222. The zero-order chi connectivity index (χ0) is 19.3. The molecule has 136 valence electrons. The van der Waals surface area contributed by atoms with Gasteiger partial charge in [0.2, 0.25) is 15.9 Å². The van der Waals surface area contributed by atoms with Crippen molar-refractivity contribution in [3.05, 3.63) is 59.9 Å². The van der Waals surface area contributed by atoms with Crippen LogP contribution in [0.25, 0.3) is 0 Å². The van der Waals surface area contributed by atoms with Crippen molar-refractivity contribution in [2.45, 2.75) is 19.4 Å². The normalized spacial score (nSPS) is 12.1. The molecule has 0 spiro atoms. The Balaban J connectivity index is 2.22. The molecule has 0 bridgehead atoms. The molecule has 6 nitrogen and oxygen atoms in total. The number of amides is 1. The van der Waals surface area contributed by atoms with Gasteiger partial charge in [-0.2, -0.15) is 5.26 Å². The van der Waals surface area contributed by atoms with E-state index in [0.717, 1.165) is 28.3 Å². The third kappa shape index (κ3) is 4.80. The highest BCUT2D eigenvalue weighted by Crippen LogP contribution is 2.22. The maximum absolute atomic E-state index is 13.1. The lowest BCUT2D eigenvalue weighted by atomic mass is 10.1. The first kappa shape index (κ1) is 19.4. The number of hydrogen-bond acceptors (Lipinski definition) is 4. The molecule has 26 heavy (non-hydrogen) atoms. The predicted molar refractivity (Wildman–Crippen MR) is 97.6 cm³/mol. The van der Waals surface area contributed by atoms with E-state index in [4.69, 9.17) is 5.26 Å². The van der Waals surface area contributed by atoms with Gasteiger partial charge >= 0.3 is 0 Å². The summed E-state index contributed by atoms with van der Waals surface area (Å²) in [6.45, 7) is 1.45. The zero-order valence-electron chi connectivity index (χ0n) is 14.3. The van der Waals surface area contributed by atoms with Crippen LogP contribution in [0.5, 0.6) is 0 Å². The van der Waals surface area contributed by atoms with E-state index in [0.29, 0.717) is 5.69 Å². The third-order valence-corrected chi connectivity index (χ3v) is 4.92. The number of carbonyl (C=O) groups excluding carboxylic acids is 1. The maximum Gasteiger partial charge on any atom is 0.247 e. The Morgan fingerprint density at radius 3 is 2.27 bits per heavy atom. The van der Waals surface area contributed by atoms with Gasteiger partial charge in [-0.05, 0) is 48.9 Å². The average Bonchev–Trinajstić information content (AvgIpc) is 2.57. The topological polar surface area (TPSA) is 90.3 Å². The smallest absolute Gasteiger partial charge is 0.247 e. The van der Waals surface area contributed by atoms with E-state index in [2.05, 4.69) is 5.32 Å². The van der Waals surface area contributed by atoms with Gasteiger partial charge in [0, 0.05) is 5.69 Å². The molecule has 0 saturated heterocycles. The van der Waals surface area contributed by atoms with Gasteiger partial charge < -0.3 is 5.32 Å². The summed E-state index contributed by atoms with van der Waals surface area (Å²) in [5, 5.41) is 11.3. The Hall–Kier alpha value is -2.92. The van der Waals surface area contributed by atoms with Crippen molar-refractivity contribution in [3.63, 3.8) is 0 Å². The van der Waals surface area contributed by atoms with E-state index < -0.39 is 27.8 Å². The van der Waals surface area contributed by atoms with Gasteiger partial charge in [0.25, 0.3) is 0 Å². The number of nitriles is 1. The molecule has 2 aromatic carbocycles. The molecule has 0 aliphatic rings. The van der Waals surface area contributed by atoms with Crippen molar-refractivity contribution in [2.24, 2.45) is 0 Å². The van der Waals surface area contributed by atoms with E-state index in [1.54, 1.807) is 24.3 Å². The number of nitrogens with zero attached hydrogens (tertiary/aromatic N) is 2. The molecule has 0 heterocycles. The summed E-state index contributed by atoms with van der Waals surface area (Å²) < 4.78 is 38.4. The largest absolute Gasteiger partial charge is 0.324 e. The predicted octanol–water partition coefficient (Wildman–Crippen LogP) is 2.68. The monoisotopic (exact) mass is 375 g/mol. The number of anilines is 2. The molecule has 0 saturated carbocycles. The van der Waals surface area contributed by atoms with Crippen molar-refractivity contribution < 1.29 is 17.6 Å². The summed E-state index contributed by atoms with van der Waals surface area (Å²) in [5.74, 6) is -1.04. The van der Waals surface area contributed by atoms with Crippen molar-refractivity contribution in [3.8, 4) is 6.07 Å². The Labute approximate surface area is 151 Å². The van der Waals surface area contributed by atoms with E-state index in [1.165, 1.54) is 19.1 Å².